The molecule has 2 aromatic carbocycles. The van der Waals surface area contributed by atoms with Crippen LogP contribution in [0.25, 0.3) is 0 Å². The number of halogens is 4. The van der Waals surface area contributed by atoms with Gasteiger partial charge in [-0.1, -0.05) is 18.2 Å². The minimum Gasteiger partial charge on any atom is -0.480 e. The number of aromatic nitrogens is 1. The van der Waals surface area contributed by atoms with E-state index in [1.807, 2.05) is 6.07 Å². The zero-order chi connectivity index (χ0) is 21.7. The Morgan fingerprint density at radius 2 is 1.90 bits per heavy atom. The van der Waals surface area contributed by atoms with E-state index in [1.54, 1.807) is 30.5 Å². The Labute approximate surface area is 179 Å². The van der Waals surface area contributed by atoms with Gasteiger partial charge in [0, 0.05) is 24.1 Å². The lowest BCUT2D eigenvalue weighted by Gasteiger charge is -2.14. The summed E-state index contributed by atoms with van der Waals surface area (Å²) in [5.41, 5.74) is 0.914. The summed E-state index contributed by atoms with van der Waals surface area (Å²) in [7, 11) is 1.52. The van der Waals surface area contributed by atoms with Gasteiger partial charge in [0.1, 0.15) is 0 Å². The molecule has 5 nitrogen and oxygen atoms in total. The second-order valence-corrected chi connectivity index (χ2v) is 7.12. The van der Waals surface area contributed by atoms with Crippen LogP contribution in [0.4, 0.5) is 24.5 Å². The number of anilines is 2. The van der Waals surface area contributed by atoms with E-state index in [9.17, 15) is 18.0 Å². The number of nitrogens with one attached hydrogen (secondary N) is 2. The minimum absolute atomic E-state index is 0.0629. The summed E-state index contributed by atoms with van der Waals surface area (Å²) in [6.07, 6.45) is -2.84. The van der Waals surface area contributed by atoms with Crippen LogP contribution in [0, 0.1) is 0 Å². The molecule has 0 radical (unpaired) electrons. The fourth-order valence-electron chi connectivity index (χ4n) is 2.72. The number of para-hydroxylation sites is 1. The highest BCUT2D eigenvalue weighted by Gasteiger charge is 2.30. The smallest absolute Gasteiger partial charge is 0.416 e. The van der Waals surface area contributed by atoms with Gasteiger partial charge in [-0.25, -0.2) is 4.98 Å². The van der Waals surface area contributed by atoms with Gasteiger partial charge in [0.15, 0.2) is 0 Å². The normalized spacial score (nSPS) is 11.1. The van der Waals surface area contributed by atoms with Gasteiger partial charge >= 0.3 is 6.18 Å². The molecular formula is C21H17BrF3N3O2. The third-order valence-electron chi connectivity index (χ3n) is 4.16. The van der Waals surface area contributed by atoms with E-state index in [4.69, 9.17) is 4.74 Å². The van der Waals surface area contributed by atoms with E-state index in [-0.39, 0.29) is 5.69 Å². The van der Waals surface area contributed by atoms with Gasteiger partial charge < -0.3 is 15.4 Å². The Bertz CT molecular complexity index is 1060. The van der Waals surface area contributed by atoms with Crippen LogP contribution in [-0.4, -0.2) is 18.0 Å². The highest BCUT2D eigenvalue weighted by molar-refractivity contribution is 9.10. The van der Waals surface area contributed by atoms with Crippen LogP contribution in [-0.2, 0) is 12.7 Å². The lowest BCUT2D eigenvalue weighted by atomic mass is 10.1. The van der Waals surface area contributed by atoms with Crippen molar-refractivity contribution in [3.63, 3.8) is 0 Å². The second kappa shape index (κ2) is 9.17. The summed E-state index contributed by atoms with van der Waals surface area (Å²) in [6.45, 7) is 0.378. The first kappa shape index (κ1) is 21.6. The van der Waals surface area contributed by atoms with Crippen molar-refractivity contribution < 1.29 is 22.7 Å². The van der Waals surface area contributed by atoms with E-state index < -0.39 is 17.6 Å². The lowest BCUT2D eigenvalue weighted by molar-refractivity contribution is -0.137. The Balaban J connectivity index is 1.75. The van der Waals surface area contributed by atoms with Gasteiger partial charge in [0.05, 0.1) is 22.7 Å². The van der Waals surface area contributed by atoms with Crippen molar-refractivity contribution in [2.45, 2.75) is 12.7 Å². The fourth-order valence-corrected chi connectivity index (χ4v) is 3.27. The molecule has 0 bridgehead atoms. The molecule has 0 saturated carbocycles. The van der Waals surface area contributed by atoms with Crippen molar-refractivity contribution >= 4 is 33.2 Å². The van der Waals surface area contributed by atoms with Crippen molar-refractivity contribution in [1.29, 1.82) is 0 Å². The number of hydrogen-bond donors (Lipinski definition) is 2. The van der Waals surface area contributed by atoms with Crippen molar-refractivity contribution in [3.8, 4) is 5.88 Å². The molecule has 3 rings (SSSR count). The fraction of sp³-hybridized carbons (Fsp3) is 0.143. The molecule has 9 heteroatoms. The number of pyridine rings is 1. The Hall–Kier alpha value is -3.07. The second-order valence-electron chi connectivity index (χ2n) is 6.27. The summed E-state index contributed by atoms with van der Waals surface area (Å²) >= 11 is 3.37. The van der Waals surface area contributed by atoms with Crippen LogP contribution >= 0.6 is 15.9 Å². The molecule has 1 amide bonds. The maximum absolute atomic E-state index is 12.9. The first-order valence-corrected chi connectivity index (χ1v) is 9.57. The number of hydrogen-bond acceptors (Lipinski definition) is 4. The topological polar surface area (TPSA) is 63.2 Å². The summed E-state index contributed by atoms with van der Waals surface area (Å²) in [5.74, 6) is -0.0638. The van der Waals surface area contributed by atoms with Gasteiger partial charge in [-0.05, 0) is 57.9 Å². The number of alkyl halides is 3. The Morgan fingerprint density at radius 1 is 1.13 bits per heavy atom. The van der Waals surface area contributed by atoms with Crippen LogP contribution < -0.4 is 15.4 Å². The zero-order valence-corrected chi connectivity index (χ0v) is 17.3. The summed E-state index contributed by atoms with van der Waals surface area (Å²) < 4.78 is 44.5. The molecule has 156 valence electrons. The van der Waals surface area contributed by atoms with E-state index in [1.165, 1.54) is 19.2 Å². The molecule has 0 unspecified atom stereocenters. The minimum atomic E-state index is -4.49. The molecule has 30 heavy (non-hydrogen) atoms. The van der Waals surface area contributed by atoms with Gasteiger partial charge in [0.2, 0.25) is 5.88 Å². The van der Waals surface area contributed by atoms with Crippen molar-refractivity contribution in [2.24, 2.45) is 0 Å². The largest absolute Gasteiger partial charge is 0.480 e. The molecule has 0 aliphatic rings. The SMILES string of the molecule is COc1ncc(CNc2ccccc2C(=O)Nc2cccc(C(F)(F)F)c2)cc1Br. The Kier molecular flexibility index (Phi) is 6.61. The third kappa shape index (κ3) is 5.29. The number of amides is 1. The molecule has 0 spiro atoms. The summed E-state index contributed by atoms with van der Waals surface area (Å²) in [6, 6.07) is 13.1. The van der Waals surface area contributed by atoms with Crippen LogP contribution in [0.15, 0.2) is 65.3 Å². The molecule has 1 heterocycles. The maximum Gasteiger partial charge on any atom is 0.416 e. The molecule has 2 N–H and O–H groups in total. The molecule has 0 aliphatic carbocycles. The average Bonchev–Trinajstić information content (AvgIpc) is 2.72. The summed E-state index contributed by atoms with van der Waals surface area (Å²) in [5, 5.41) is 5.67. The average molecular weight is 480 g/mol. The van der Waals surface area contributed by atoms with Gasteiger partial charge in [-0.2, -0.15) is 13.2 Å². The monoisotopic (exact) mass is 479 g/mol. The van der Waals surface area contributed by atoms with Crippen molar-refractivity contribution in [2.75, 3.05) is 17.7 Å². The molecule has 0 saturated heterocycles. The highest BCUT2D eigenvalue weighted by Crippen LogP contribution is 2.31. The first-order chi connectivity index (χ1) is 14.3. The molecule has 0 fully saturated rings. The van der Waals surface area contributed by atoms with Gasteiger partial charge in [-0.15, -0.1) is 0 Å². The molecule has 0 aliphatic heterocycles. The number of rotatable bonds is 6. The first-order valence-electron chi connectivity index (χ1n) is 8.78. The molecular weight excluding hydrogens is 463 g/mol. The molecule has 1 aromatic heterocycles. The highest BCUT2D eigenvalue weighted by atomic mass is 79.9. The predicted molar refractivity (Wildman–Crippen MR) is 112 cm³/mol. The quantitative estimate of drug-likeness (QED) is 0.473. The van der Waals surface area contributed by atoms with Crippen LogP contribution in [0.1, 0.15) is 21.5 Å². The number of benzene rings is 2. The van der Waals surface area contributed by atoms with Crippen LogP contribution in [0.5, 0.6) is 5.88 Å². The number of nitrogens with zero attached hydrogens (tertiary/aromatic N) is 1. The van der Waals surface area contributed by atoms with E-state index in [0.717, 1.165) is 17.7 Å². The van der Waals surface area contributed by atoms with Gasteiger partial charge in [0.25, 0.3) is 5.91 Å². The number of ether oxygens (including phenoxy) is 1. The van der Waals surface area contributed by atoms with Gasteiger partial charge in [-0.3, -0.25) is 4.79 Å². The molecule has 0 atom stereocenters. The maximum atomic E-state index is 12.9. The standard InChI is InChI=1S/C21H17BrF3N3O2/c1-30-20-17(22)9-13(12-27-20)11-26-18-8-3-2-7-16(18)19(29)28-15-6-4-5-14(10-15)21(23,24)25/h2-10,12,26H,11H2,1H3,(H,28,29). The predicted octanol–water partition coefficient (Wildman–Crippen LogP) is 5.74. The number of carbonyl (C=O) groups is 1. The summed E-state index contributed by atoms with van der Waals surface area (Å²) in [4.78, 5) is 16.8. The van der Waals surface area contributed by atoms with Crippen LogP contribution in [0.2, 0.25) is 0 Å². The third-order valence-corrected chi connectivity index (χ3v) is 4.73. The van der Waals surface area contributed by atoms with Crippen molar-refractivity contribution in [3.05, 3.63) is 82.0 Å². The molecule has 3 aromatic rings. The van der Waals surface area contributed by atoms with E-state index >= 15 is 0 Å². The Morgan fingerprint density at radius 3 is 2.60 bits per heavy atom. The lowest BCUT2D eigenvalue weighted by Crippen LogP contribution is -2.15. The van der Waals surface area contributed by atoms with Crippen LogP contribution in [0.3, 0.4) is 0 Å². The van der Waals surface area contributed by atoms with Crippen molar-refractivity contribution in [1.82, 2.24) is 4.98 Å². The number of methoxy groups -OCH3 is 1. The van der Waals surface area contributed by atoms with E-state index in [2.05, 4.69) is 31.5 Å². The van der Waals surface area contributed by atoms with E-state index in [0.29, 0.717) is 28.1 Å². The number of carbonyl (C=O) groups excluding carboxylic acids is 1. The zero-order valence-electron chi connectivity index (χ0n) is 15.8.